The molecule has 0 fully saturated rings. The Balaban J connectivity index is 2.24. The number of ether oxygens (including phenoxy) is 1. The lowest BCUT2D eigenvalue weighted by Gasteiger charge is -2.28. The summed E-state index contributed by atoms with van der Waals surface area (Å²) in [6.45, 7) is 1.99. The Labute approximate surface area is 169 Å². The van der Waals surface area contributed by atoms with Gasteiger partial charge in [0, 0.05) is 23.6 Å². The van der Waals surface area contributed by atoms with Crippen molar-refractivity contribution >= 4 is 35.0 Å². The number of likely N-dealkylation sites (N-methyl/N-ethyl adjacent to an activating group) is 1. The zero-order valence-corrected chi connectivity index (χ0v) is 17.0. The molecular weight excluding hydrogens is 387 g/mol. The summed E-state index contributed by atoms with van der Waals surface area (Å²) in [5.74, 6) is 0.286. The number of amides is 2. The molecule has 0 aliphatic heterocycles. The summed E-state index contributed by atoms with van der Waals surface area (Å²) in [4.78, 5) is 26.6. The van der Waals surface area contributed by atoms with Crippen LogP contribution in [0.25, 0.3) is 0 Å². The van der Waals surface area contributed by atoms with Gasteiger partial charge in [0.15, 0.2) is 0 Å². The van der Waals surface area contributed by atoms with E-state index in [9.17, 15) is 9.59 Å². The van der Waals surface area contributed by atoms with Crippen molar-refractivity contribution in [3.63, 3.8) is 0 Å². The number of rotatable bonds is 7. The molecule has 0 aliphatic carbocycles. The number of nitrogens with zero attached hydrogens (tertiary/aromatic N) is 1. The van der Waals surface area contributed by atoms with E-state index in [1.165, 1.54) is 4.90 Å². The van der Waals surface area contributed by atoms with Crippen molar-refractivity contribution in [1.82, 2.24) is 10.2 Å². The van der Waals surface area contributed by atoms with Gasteiger partial charge >= 0.3 is 0 Å². The molecule has 144 valence electrons. The maximum absolute atomic E-state index is 13.0. The Kier molecular flexibility index (Phi) is 7.51. The minimum Gasteiger partial charge on any atom is -0.497 e. The molecule has 1 unspecified atom stereocenters. The Morgan fingerprint density at radius 1 is 1.15 bits per heavy atom. The van der Waals surface area contributed by atoms with E-state index in [-0.39, 0.29) is 18.2 Å². The molecule has 0 radical (unpaired) electrons. The van der Waals surface area contributed by atoms with Crippen molar-refractivity contribution in [2.75, 3.05) is 14.2 Å². The van der Waals surface area contributed by atoms with E-state index in [1.54, 1.807) is 39.3 Å². The number of benzene rings is 2. The van der Waals surface area contributed by atoms with E-state index in [2.05, 4.69) is 5.32 Å². The van der Waals surface area contributed by atoms with E-state index in [0.29, 0.717) is 22.2 Å². The van der Waals surface area contributed by atoms with Crippen LogP contribution in [0.3, 0.4) is 0 Å². The van der Waals surface area contributed by atoms with Crippen molar-refractivity contribution in [3.05, 3.63) is 63.6 Å². The Hall–Kier alpha value is -2.24. The van der Waals surface area contributed by atoms with Gasteiger partial charge in [0.2, 0.25) is 11.8 Å². The topological polar surface area (TPSA) is 58.6 Å². The third-order valence-corrected chi connectivity index (χ3v) is 4.87. The summed E-state index contributed by atoms with van der Waals surface area (Å²) in [6.07, 6.45) is 0.0769. The highest BCUT2D eigenvalue weighted by atomic mass is 35.5. The predicted octanol–water partition coefficient (Wildman–Crippen LogP) is 3.71. The van der Waals surface area contributed by atoms with Crippen LogP contribution < -0.4 is 10.1 Å². The van der Waals surface area contributed by atoms with Gasteiger partial charge in [-0.1, -0.05) is 41.4 Å². The monoisotopic (exact) mass is 408 g/mol. The average Bonchev–Trinajstić information content (AvgIpc) is 2.67. The van der Waals surface area contributed by atoms with Crippen LogP contribution in [-0.4, -0.2) is 36.9 Å². The predicted molar refractivity (Wildman–Crippen MR) is 107 cm³/mol. The first kappa shape index (κ1) is 21.1. The molecule has 0 aliphatic rings. The van der Waals surface area contributed by atoms with Gasteiger partial charge in [-0.05, 0) is 42.3 Å². The fraction of sp³-hybridized carbons (Fsp3) is 0.300. The van der Waals surface area contributed by atoms with Crippen LogP contribution >= 0.6 is 23.2 Å². The molecule has 1 atom stereocenters. The molecule has 0 saturated heterocycles. The molecule has 0 heterocycles. The molecule has 0 spiro atoms. The summed E-state index contributed by atoms with van der Waals surface area (Å²) in [6, 6.07) is 11.7. The van der Waals surface area contributed by atoms with Gasteiger partial charge in [0.1, 0.15) is 11.8 Å². The summed E-state index contributed by atoms with van der Waals surface area (Å²) in [5, 5.41) is 3.52. The van der Waals surface area contributed by atoms with Gasteiger partial charge in [-0.3, -0.25) is 9.59 Å². The summed E-state index contributed by atoms with van der Waals surface area (Å²) >= 11 is 12.1. The van der Waals surface area contributed by atoms with E-state index >= 15 is 0 Å². The molecular formula is C20H22Cl2N2O3. The average molecular weight is 409 g/mol. The molecule has 0 aromatic heterocycles. The third kappa shape index (κ3) is 5.62. The Morgan fingerprint density at radius 3 is 2.37 bits per heavy atom. The molecule has 1 N–H and O–H groups in total. The second-order valence-corrected chi connectivity index (χ2v) is 6.92. The minimum absolute atomic E-state index is 0.0769. The molecule has 2 aromatic carbocycles. The van der Waals surface area contributed by atoms with Crippen LogP contribution in [0.5, 0.6) is 5.75 Å². The third-order valence-electron chi connectivity index (χ3n) is 4.28. The Bertz CT molecular complexity index is 809. The summed E-state index contributed by atoms with van der Waals surface area (Å²) < 4.78 is 5.16. The van der Waals surface area contributed by atoms with Gasteiger partial charge < -0.3 is 15.0 Å². The lowest BCUT2D eigenvalue weighted by molar-refractivity contribution is -0.139. The number of methoxy groups -OCH3 is 1. The van der Waals surface area contributed by atoms with Crippen LogP contribution in [-0.2, 0) is 22.6 Å². The van der Waals surface area contributed by atoms with Gasteiger partial charge in [-0.25, -0.2) is 0 Å². The highest BCUT2D eigenvalue weighted by Gasteiger charge is 2.26. The lowest BCUT2D eigenvalue weighted by atomic mass is 10.1. The second kappa shape index (κ2) is 9.62. The fourth-order valence-corrected chi connectivity index (χ4v) is 3.12. The van der Waals surface area contributed by atoms with E-state index < -0.39 is 6.04 Å². The first-order chi connectivity index (χ1) is 12.8. The summed E-state index contributed by atoms with van der Waals surface area (Å²) in [5.41, 5.74) is 1.55. The van der Waals surface area contributed by atoms with Gasteiger partial charge in [-0.15, -0.1) is 0 Å². The number of carbonyl (C=O) groups is 2. The van der Waals surface area contributed by atoms with Crippen molar-refractivity contribution in [2.24, 2.45) is 0 Å². The van der Waals surface area contributed by atoms with Crippen LogP contribution in [0.2, 0.25) is 10.0 Å². The number of hydrogen-bond donors (Lipinski definition) is 1. The molecule has 27 heavy (non-hydrogen) atoms. The standard InChI is InChI=1S/C20H22Cl2N2O3/c1-13(20(26)23-2)24(12-14-4-8-17(27-3)9-5-14)19(25)10-15-6-7-16(21)11-18(15)22/h4-9,11,13H,10,12H2,1-3H3,(H,23,26). The van der Waals surface area contributed by atoms with Crippen molar-refractivity contribution in [2.45, 2.75) is 25.9 Å². The molecule has 5 nitrogen and oxygen atoms in total. The van der Waals surface area contributed by atoms with E-state index in [0.717, 1.165) is 11.3 Å². The zero-order valence-electron chi connectivity index (χ0n) is 15.5. The fourth-order valence-electron chi connectivity index (χ4n) is 2.65. The van der Waals surface area contributed by atoms with E-state index in [1.807, 2.05) is 24.3 Å². The number of halogens is 2. The number of carbonyl (C=O) groups excluding carboxylic acids is 2. The molecule has 0 bridgehead atoms. The van der Waals surface area contributed by atoms with Crippen LogP contribution in [0, 0.1) is 0 Å². The van der Waals surface area contributed by atoms with Crippen LogP contribution in [0.1, 0.15) is 18.1 Å². The first-order valence-electron chi connectivity index (χ1n) is 8.43. The van der Waals surface area contributed by atoms with Crippen molar-refractivity contribution < 1.29 is 14.3 Å². The molecule has 2 rings (SSSR count). The largest absolute Gasteiger partial charge is 0.497 e. The van der Waals surface area contributed by atoms with E-state index in [4.69, 9.17) is 27.9 Å². The molecule has 2 aromatic rings. The van der Waals surface area contributed by atoms with Crippen LogP contribution in [0.15, 0.2) is 42.5 Å². The number of hydrogen-bond acceptors (Lipinski definition) is 3. The summed E-state index contributed by atoms with van der Waals surface area (Å²) in [7, 11) is 3.14. The molecule has 7 heteroatoms. The zero-order chi connectivity index (χ0) is 20.0. The Morgan fingerprint density at radius 2 is 1.81 bits per heavy atom. The van der Waals surface area contributed by atoms with Crippen molar-refractivity contribution in [3.8, 4) is 5.75 Å². The highest BCUT2D eigenvalue weighted by Crippen LogP contribution is 2.23. The SMILES string of the molecule is CNC(=O)C(C)N(Cc1ccc(OC)cc1)C(=O)Cc1ccc(Cl)cc1Cl. The molecule has 2 amide bonds. The lowest BCUT2D eigenvalue weighted by Crippen LogP contribution is -2.47. The van der Waals surface area contributed by atoms with Gasteiger partial charge in [0.05, 0.1) is 13.5 Å². The van der Waals surface area contributed by atoms with Gasteiger partial charge in [0.25, 0.3) is 0 Å². The first-order valence-corrected chi connectivity index (χ1v) is 9.19. The normalized spacial score (nSPS) is 11.6. The van der Waals surface area contributed by atoms with Crippen molar-refractivity contribution in [1.29, 1.82) is 0 Å². The maximum atomic E-state index is 13.0. The quantitative estimate of drug-likeness (QED) is 0.759. The molecule has 0 saturated carbocycles. The smallest absolute Gasteiger partial charge is 0.242 e. The maximum Gasteiger partial charge on any atom is 0.242 e. The second-order valence-electron chi connectivity index (χ2n) is 6.07. The van der Waals surface area contributed by atoms with Gasteiger partial charge in [-0.2, -0.15) is 0 Å². The van der Waals surface area contributed by atoms with Crippen LogP contribution in [0.4, 0.5) is 0 Å². The minimum atomic E-state index is -0.629. The number of nitrogens with one attached hydrogen (secondary N) is 1. The highest BCUT2D eigenvalue weighted by molar-refractivity contribution is 6.35.